The minimum absolute atomic E-state index is 0.0204. The zero-order chi connectivity index (χ0) is 15.6. The van der Waals surface area contributed by atoms with Crippen molar-refractivity contribution in [3.8, 4) is 5.69 Å². The molecular weight excluding hydrogens is 278 g/mol. The molecule has 0 amide bonds. The van der Waals surface area contributed by atoms with Gasteiger partial charge < -0.3 is 4.74 Å². The van der Waals surface area contributed by atoms with Gasteiger partial charge in [-0.05, 0) is 19.1 Å². The fraction of sp³-hybridized carbons (Fsp3) is 0.154. The van der Waals surface area contributed by atoms with Gasteiger partial charge in [0.2, 0.25) is 11.1 Å². The van der Waals surface area contributed by atoms with Crippen molar-refractivity contribution in [2.24, 2.45) is 0 Å². The molecule has 0 N–H and O–H groups in total. The second-order valence-electron chi connectivity index (χ2n) is 4.19. The maximum absolute atomic E-state index is 11.5. The van der Waals surface area contributed by atoms with Crippen LogP contribution in [-0.4, -0.2) is 27.8 Å². The summed E-state index contributed by atoms with van der Waals surface area (Å²) in [5, 5.41) is 14.7. The van der Waals surface area contributed by atoms with Crippen LogP contribution in [0.25, 0.3) is 5.69 Å². The molecule has 0 spiro atoms. The number of nitro benzene ring substituents is 1. The van der Waals surface area contributed by atoms with Crippen LogP contribution in [0.1, 0.15) is 16.1 Å². The minimum Gasteiger partial charge on any atom is -0.464 e. The van der Waals surface area contributed by atoms with Crippen LogP contribution in [0.3, 0.4) is 0 Å². The van der Waals surface area contributed by atoms with Crippen molar-refractivity contribution < 1.29 is 14.5 Å². The molecule has 0 radical (unpaired) electrons. The summed E-state index contributed by atoms with van der Waals surface area (Å²) in [7, 11) is 1.15. The Labute approximate surface area is 118 Å². The van der Waals surface area contributed by atoms with Crippen molar-refractivity contribution in [1.82, 2.24) is 9.78 Å². The molecule has 21 heavy (non-hydrogen) atoms. The molecule has 0 unspecified atom stereocenters. The highest BCUT2D eigenvalue weighted by Gasteiger charge is 2.15. The Hall–Kier alpha value is -3.03. The molecule has 2 aromatic rings. The SMILES string of the molecule is COC(=O)c1nn(-c2ccc([N+](=O)[O-])c(C)c2)ccc1=O. The number of esters is 1. The van der Waals surface area contributed by atoms with Gasteiger partial charge in [-0.1, -0.05) is 0 Å². The maximum Gasteiger partial charge on any atom is 0.362 e. The number of hydrogen-bond acceptors (Lipinski definition) is 6. The standard InChI is InChI=1S/C13H11N3O5/c1-8-7-9(3-4-10(8)16(19)20)15-6-5-11(17)12(14-15)13(18)21-2/h3-7H,1-2H3. The Kier molecular flexibility index (Phi) is 3.79. The summed E-state index contributed by atoms with van der Waals surface area (Å²) >= 11 is 0. The van der Waals surface area contributed by atoms with E-state index in [-0.39, 0.29) is 11.4 Å². The van der Waals surface area contributed by atoms with Gasteiger partial charge in [0.25, 0.3) is 5.69 Å². The highest BCUT2D eigenvalue weighted by molar-refractivity contribution is 5.86. The lowest BCUT2D eigenvalue weighted by molar-refractivity contribution is -0.385. The van der Waals surface area contributed by atoms with Gasteiger partial charge in [0.15, 0.2) is 0 Å². The van der Waals surface area contributed by atoms with E-state index >= 15 is 0 Å². The van der Waals surface area contributed by atoms with Crippen LogP contribution in [0.15, 0.2) is 35.3 Å². The first-order valence-corrected chi connectivity index (χ1v) is 5.87. The van der Waals surface area contributed by atoms with E-state index in [1.54, 1.807) is 6.92 Å². The topological polar surface area (TPSA) is 104 Å². The number of nitro groups is 1. The number of methoxy groups -OCH3 is 1. The van der Waals surface area contributed by atoms with Crippen LogP contribution in [0, 0.1) is 17.0 Å². The van der Waals surface area contributed by atoms with Crippen LogP contribution < -0.4 is 5.43 Å². The van der Waals surface area contributed by atoms with Gasteiger partial charge in [-0.3, -0.25) is 14.9 Å². The molecule has 108 valence electrons. The molecule has 8 nitrogen and oxygen atoms in total. The third-order valence-electron chi connectivity index (χ3n) is 2.83. The molecule has 0 aliphatic heterocycles. The van der Waals surface area contributed by atoms with E-state index in [1.165, 1.54) is 35.1 Å². The zero-order valence-electron chi connectivity index (χ0n) is 11.3. The molecule has 0 atom stereocenters. The summed E-state index contributed by atoms with van der Waals surface area (Å²) in [5.41, 5.74) is 0.00148. The number of ether oxygens (including phenoxy) is 1. The fourth-order valence-electron chi connectivity index (χ4n) is 1.78. The molecule has 0 saturated carbocycles. The van der Waals surface area contributed by atoms with E-state index in [2.05, 4.69) is 9.84 Å². The van der Waals surface area contributed by atoms with Crippen LogP contribution >= 0.6 is 0 Å². The van der Waals surface area contributed by atoms with Gasteiger partial charge in [-0.15, -0.1) is 0 Å². The number of carbonyl (C=O) groups excluding carboxylic acids is 1. The highest BCUT2D eigenvalue weighted by Crippen LogP contribution is 2.20. The summed E-state index contributed by atoms with van der Waals surface area (Å²) in [5.74, 6) is -0.840. The Bertz CT molecular complexity index is 782. The Morgan fingerprint density at radius 1 is 1.38 bits per heavy atom. The molecule has 0 aliphatic rings. The van der Waals surface area contributed by atoms with E-state index < -0.39 is 16.3 Å². The van der Waals surface area contributed by atoms with Crippen LogP contribution in [-0.2, 0) is 4.74 Å². The summed E-state index contributed by atoms with van der Waals surface area (Å²) in [6, 6.07) is 5.53. The normalized spacial score (nSPS) is 10.2. The molecule has 1 aromatic heterocycles. The number of carbonyl (C=O) groups is 1. The number of rotatable bonds is 3. The first-order chi connectivity index (χ1) is 9.93. The quantitative estimate of drug-likeness (QED) is 0.478. The van der Waals surface area contributed by atoms with E-state index in [0.717, 1.165) is 7.11 Å². The van der Waals surface area contributed by atoms with Crippen molar-refractivity contribution in [1.29, 1.82) is 0 Å². The molecule has 0 aliphatic carbocycles. The van der Waals surface area contributed by atoms with E-state index in [9.17, 15) is 19.7 Å². The van der Waals surface area contributed by atoms with E-state index in [1.807, 2.05) is 0 Å². The first kappa shape index (κ1) is 14.4. The van der Waals surface area contributed by atoms with E-state index in [4.69, 9.17) is 0 Å². The minimum atomic E-state index is -0.840. The predicted octanol–water partition coefficient (Wildman–Crippen LogP) is 1.24. The van der Waals surface area contributed by atoms with Gasteiger partial charge >= 0.3 is 5.97 Å². The Balaban J connectivity index is 2.52. The first-order valence-electron chi connectivity index (χ1n) is 5.87. The summed E-state index contributed by atoms with van der Waals surface area (Å²) in [6.45, 7) is 1.59. The van der Waals surface area contributed by atoms with Crippen molar-refractivity contribution in [2.45, 2.75) is 6.92 Å². The van der Waals surface area contributed by atoms with Gasteiger partial charge in [-0.2, -0.15) is 5.10 Å². The third kappa shape index (κ3) is 2.78. The molecule has 0 fully saturated rings. The van der Waals surface area contributed by atoms with Crippen molar-refractivity contribution in [3.63, 3.8) is 0 Å². The number of nitrogens with zero attached hydrogens (tertiary/aromatic N) is 3. The average molecular weight is 289 g/mol. The van der Waals surface area contributed by atoms with Crippen LogP contribution in [0.2, 0.25) is 0 Å². The molecule has 2 rings (SSSR count). The molecular formula is C13H11N3O5. The lowest BCUT2D eigenvalue weighted by Gasteiger charge is -2.07. The van der Waals surface area contributed by atoms with Gasteiger partial charge in [0.1, 0.15) is 0 Å². The highest BCUT2D eigenvalue weighted by atomic mass is 16.6. The fourth-order valence-corrected chi connectivity index (χ4v) is 1.78. The van der Waals surface area contributed by atoms with Crippen molar-refractivity contribution in [2.75, 3.05) is 7.11 Å². The van der Waals surface area contributed by atoms with Crippen molar-refractivity contribution in [3.05, 3.63) is 62.1 Å². The Morgan fingerprint density at radius 2 is 2.10 bits per heavy atom. The molecule has 8 heteroatoms. The molecule has 0 bridgehead atoms. The average Bonchev–Trinajstić information content (AvgIpc) is 2.46. The molecule has 1 heterocycles. The second-order valence-corrected chi connectivity index (χ2v) is 4.19. The largest absolute Gasteiger partial charge is 0.464 e. The van der Waals surface area contributed by atoms with Gasteiger partial charge in [0, 0.05) is 23.9 Å². The third-order valence-corrected chi connectivity index (χ3v) is 2.83. The number of aromatic nitrogens is 2. The zero-order valence-corrected chi connectivity index (χ0v) is 11.3. The number of hydrogen-bond donors (Lipinski definition) is 0. The van der Waals surface area contributed by atoms with Gasteiger partial charge in [-0.25, -0.2) is 9.48 Å². The van der Waals surface area contributed by atoms with Crippen LogP contribution in [0.4, 0.5) is 5.69 Å². The predicted molar refractivity (Wildman–Crippen MR) is 72.6 cm³/mol. The number of benzene rings is 1. The summed E-state index contributed by atoms with van der Waals surface area (Å²) < 4.78 is 5.76. The molecule has 1 aromatic carbocycles. The smallest absolute Gasteiger partial charge is 0.362 e. The summed E-state index contributed by atoms with van der Waals surface area (Å²) in [4.78, 5) is 33.3. The van der Waals surface area contributed by atoms with E-state index in [0.29, 0.717) is 11.3 Å². The molecule has 0 saturated heterocycles. The lowest BCUT2D eigenvalue weighted by atomic mass is 10.2. The lowest BCUT2D eigenvalue weighted by Crippen LogP contribution is -2.21. The van der Waals surface area contributed by atoms with Crippen molar-refractivity contribution >= 4 is 11.7 Å². The maximum atomic E-state index is 11.5. The Morgan fingerprint density at radius 3 is 2.67 bits per heavy atom. The number of aryl methyl sites for hydroxylation is 1. The van der Waals surface area contributed by atoms with Crippen LogP contribution in [0.5, 0.6) is 0 Å². The monoisotopic (exact) mass is 289 g/mol. The second kappa shape index (κ2) is 5.53. The van der Waals surface area contributed by atoms with Gasteiger partial charge in [0.05, 0.1) is 17.7 Å². The summed E-state index contributed by atoms with van der Waals surface area (Å²) in [6.07, 6.45) is 1.37.